The van der Waals surface area contributed by atoms with Crippen LogP contribution in [0.1, 0.15) is 24.0 Å². The Morgan fingerprint density at radius 1 is 1.20 bits per heavy atom. The average molecular weight is 500 g/mol. The van der Waals surface area contributed by atoms with E-state index < -0.39 is 18.6 Å². The zero-order valence-electron chi connectivity index (χ0n) is 19.3. The molecule has 0 bridgehead atoms. The van der Waals surface area contributed by atoms with Crippen molar-refractivity contribution in [2.45, 2.75) is 39.0 Å². The monoisotopic (exact) mass is 500 g/mol. The maximum atomic E-state index is 14.1. The minimum absolute atomic E-state index is 0.176. The minimum atomic E-state index is -3.17. The highest BCUT2D eigenvalue weighted by Crippen LogP contribution is 2.26. The molecule has 2 aromatic carbocycles. The lowest BCUT2D eigenvalue weighted by molar-refractivity contribution is -0.149. The van der Waals surface area contributed by atoms with Crippen molar-refractivity contribution < 1.29 is 42.2 Å². The Labute approximate surface area is 200 Å². The third-order valence-electron chi connectivity index (χ3n) is 5.25. The van der Waals surface area contributed by atoms with Crippen molar-refractivity contribution in [3.63, 3.8) is 0 Å². The van der Waals surface area contributed by atoms with Gasteiger partial charge >= 0.3 is 12.6 Å². The van der Waals surface area contributed by atoms with Gasteiger partial charge in [0.1, 0.15) is 11.9 Å². The third kappa shape index (κ3) is 9.01. The van der Waals surface area contributed by atoms with E-state index in [4.69, 9.17) is 5.11 Å². The van der Waals surface area contributed by atoms with Crippen LogP contribution in [0.3, 0.4) is 0 Å². The molecule has 0 radical (unpaired) electrons. The predicted molar refractivity (Wildman–Crippen MR) is 121 cm³/mol. The number of carboxylic acid groups (broad SMARTS) is 1. The van der Waals surface area contributed by atoms with Gasteiger partial charge in [0.2, 0.25) is 12.3 Å². The highest BCUT2D eigenvalue weighted by Gasteiger charge is 2.34. The summed E-state index contributed by atoms with van der Waals surface area (Å²) in [4.78, 5) is 38.1. The Kier molecular flexibility index (Phi) is 12.4. The van der Waals surface area contributed by atoms with Crippen LogP contribution in [-0.2, 0) is 20.9 Å². The number of likely N-dealkylation sites (tertiary alicyclic amines) is 1. The maximum absolute atomic E-state index is 14.1. The Morgan fingerprint density at radius 2 is 1.83 bits per heavy atom. The number of rotatable bonds is 7. The number of nitrogens with zero attached hydrogens (tertiary/aromatic N) is 2. The van der Waals surface area contributed by atoms with Gasteiger partial charge in [-0.05, 0) is 48.6 Å². The Bertz CT molecular complexity index is 987. The first-order valence-corrected chi connectivity index (χ1v) is 10.5. The molecule has 1 unspecified atom stereocenters. The van der Waals surface area contributed by atoms with Gasteiger partial charge in [-0.3, -0.25) is 14.0 Å². The molecule has 1 aliphatic rings. The molecule has 2 amide bonds. The summed E-state index contributed by atoms with van der Waals surface area (Å²) in [5, 5.41) is 16.0. The molecule has 2 aromatic rings. The van der Waals surface area contributed by atoms with E-state index >= 15 is 0 Å². The van der Waals surface area contributed by atoms with Gasteiger partial charge in [-0.25, -0.2) is 9.18 Å². The number of benzene rings is 2. The van der Waals surface area contributed by atoms with E-state index in [9.17, 15) is 37.1 Å². The van der Waals surface area contributed by atoms with Gasteiger partial charge in [0.15, 0.2) is 0 Å². The molecule has 1 heterocycles. The third-order valence-corrected chi connectivity index (χ3v) is 5.25. The number of aliphatic carboxylic acids is 1. The van der Waals surface area contributed by atoms with Crippen LogP contribution in [-0.4, -0.2) is 71.2 Å². The lowest BCUT2D eigenvalue weighted by Gasteiger charge is -2.25. The van der Waals surface area contributed by atoms with Gasteiger partial charge in [-0.1, -0.05) is 30.3 Å². The number of halogens is 4. The normalized spacial score (nSPS) is 14.4. The van der Waals surface area contributed by atoms with Gasteiger partial charge in [0.25, 0.3) is 0 Å². The number of amides is 2. The molecule has 1 aliphatic heterocycles. The highest BCUT2D eigenvalue weighted by atomic mass is 19.3. The minimum Gasteiger partial charge on any atom is -0.480 e. The van der Waals surface area contributed by atoms with Crippen LogP contribution in [0.25, 0.3) is 11.1 Å². The lowest BCUT2D eigenvalue weighted by Crippen LogP contribution is -2.45. The number of carbonyl (C=O) groups is 3. The quantitative estimate of drug-likeness (QED) is 0.447. The fourth-order valence-corrected chi connectivity index (χ4v) is 3.64. The van der Waals surface area contributed by atoms with Crippen LogP contribution < -0.4 is 0 Å². The number of hydrogen-bond donors (Lipinski definition) is 2. The summed E-state index contributed by atoms with van der Waals surface area (Å²) in [5.74, 6) is -1.75. The fraction of sp³-hybridized carbons (Fsp3) is 0.375. The molecule has 0 spiro atoms. The van der Waals surface area contributed by atoms with Gasteiger partial charge in [0.05, 0.1) is 13.7 Å². The zero-order valence-corrected chi connectivity index (χ0v) is 19.3. The van der Waals surface area contributed by atoms with Crippen molar-refractivity contribution in [1.29, 1.82) is 0 Å². The predicted octanol–water partition coefficient (Wildman–Crippen LogP) is 3.62. The van der Waals surface area contributed by atoms with E-state index in [-0.39, 0.29) is 24.8 Å². The number of aliphatic hydroxyl groups is 1. The number of carbonyl (C=O) groups excluding carboxylic acids is 2. The first-order valence-electron chi connectivity index (χ1n) is 10.5. The number of carboxylic acids is 1. The molecular weight excluding hydrogens is 472 g/mol. The summed E-state index contributed by atoms with van der Waals surface area (Å²) in [7, 11) is 0.500. The van der Waals surface area contributed by atoms with E-state index in [0.717, 1.165) is 11.1 Å². The Balaban J connectivity index is 0.000000926. The molecule has 0 saturated carbocycles. The standard InChI is InChI=1S/C22H23FN2O4.CH2F2O.CH3F/c1-15-8-9-16(18-5-2-3-6-19(18)23)11-17(15)12-24(14-26)13-21(27)25-10-4-7-20(25)22(28)29;2-1(3)4;1-2/h2-3,5-6,8-9,11,14,20H,4,7,10,12-13H2,1H3,(H,28,29);1,4H;1H3. The number of alkyl halides is 3. The molecule has 192 valence electrons. The van der Waals surface area contributed by atoms with Gasteiger partial charge in [0, 0.05) is 18.7 Å². The molecule has 0 aliphatic carbocycles. The van der Waals surface area contributed by atoms with Gasteiger partial charge < -0.3 is 20.0 Å². The second-order valence-corrected chi connectivity index (χ2v) is 7.49. The highest BCUT2D eigenvalue weighted by molar-refractivity contribution is 5.86. The van der Waals surface area contributed by atoms with E-state index in [2.05, 4.69) is 0 Å². The van der Waals surface area contributed by atoms with Gasteiger partial charge in [-0.2, -0.15) is 8.78 Å². The second kappa shape index (κ2) is 14.7. The molecule has 1 atom stereocenters. The molecular formula is C24H28F4N2O5. The molecule has 11 heteroatoms. The Morgan fingerprint density at radius 3 is 2.40 bits per heavy atom. The first-order chi connectivity index (χ1) is 16.6. The lowest BCUT2D eigenvalue weighted by atomic mass is 9.99. The molecule has 1 saturated heterocycles. The molecule has 1 fully saturated rings. The van der Waals surface area contributed by atoms with E-state index in [1.54, 1.807) is 18.2 Å². The maximum Gasteiger partial charge on any atom is 0.342 e. The largest absolute Gasteiger partial charge is 0.480 e. The number of aliphatic hydroxyl groups excluding tert-OH is 1. The topological polar surface area (TPSA) is 98.2 Å². The van der Waals surface area contributed by atoms with Crippen LogP contribution in [0, 0.1) is 12.7 Å². The van der Waals surface area contributed by atoms with E-state index in [1.165, 1.54) is 15.9 Å². The summed E-state index contributed by atoms with van der Waals surface area (Å²) in [6.07, 6.45) is 1.64. The van der Waals surface area contributed by atoms with Crippen molar-refractivity contribution in [2.75, 3.05) is 20.3 Å². The number of aryl methyl sites for hydroxylation is 1. The molecule has 3 rings (SSSR count). The van der Waals surface area contributed by atoms with E-state index in [0.29, 0.717) is 44.1 Å². The molecule has 7 nitrogen and oxygen atoms in total. The summed E-state index contributed by atoms with van der Waals surface area (Å²) in [6.45, 7) is -0.928. The molecule has 0 aromatic heterocycles. The van der Waals surface area contributed by atoms with Gasteiger partial charge in [-0.15, -0.1) is 0 Å². The summed E-state index contributed by atoms with van der Waals surface area (Å²) >= 11 is 0. The van der Waals surface area contributed by atoms with E-state index in [1.807, 2.05) is 25.1 Å². The van der Waals surface area contributed by atoms with Crippen LogP contribution >= 0.6 is 0 Å². The van der Waals surface area contributed by atoms with Crippen LogP contribution in [0.15, 0.2) is 42.5 Å². The van der Waals surface area contributed by atoms with Crippen molar-refractivity contribution in [1.82, 2.24) is 9.80 Å². The van der Waals surface area contributed by atoms with Crippen molar-refractivity contribution in [2.24, 2.45) is 0 Å². The summed E-state index contributed by atoms with van der Waals surface area (Å²) < 4.78 is 43.4. The van der Waals surface area contributed by atoms with Crippen molar-refractivity contribution >= 4 is 18.3 Å². The molecule has 35 heavy (non-hydrogen) atoms. The zero-order chi connectivity index (χ0) is 26.5. The smallest absolute Gasteiger partial charge is 0.342 e. The van der Waals surface area contributed by atoms with Crippen molar-refractivity contribution in [3.8, 4) is 11.1 Å². The summed E-state index contributed by atoms with van der Waals surface area (Å²) in [6, 6.07) is 11.1. The average Bonchev–Trinajstić information content (AvgIpc) is 3.32. The van der Waals surface area contributed by atoms with Crippen LogP contribution in [0.4, 0.5) is 17.6 Å². The fourth-order valence-electron chi connectivity index (χ4n) is 3.64. The Hall–Kier alpha value is -3.47. The SMILES string of the molecule is CF.Cc1ccc(-c2ccccc2F)cc1CN(C=O)CC(=O)N1CCCC1C(=O)O.OC(F)F. The number of hydrogen-bond acceptors (Lipinski definition) is 4. The van der Waals surface area contributed by atoms with Crippen molar-refractivity contribution in [3.05, 3.63) is 59.4 Å². The molecule has 2 N–H and O–H groups in total. The van der Waals surface area contributed by atoms with Crippen LogP contribution in [0.5, 0.6) is 0 Å². The second-order valence-electron chi connectivity index (χ2n) is 7.49. The summed E-state index contributed by atoms with van der Waals surface area (Å²) in [5.41, 5.74) is 2.85. The van der Waals surface area contributed by atoms with Crippen LogP contribution in [0.2, 0.25) is 0 Å². The first kappa shape index (κ1) is 29.6.